The molecule has 0 saturated carbocycles. The van der Waals surface area contributed by atoms with Crippen LogP contribution in [0.1, 0.15) is 19.8 Å². The summed E-state index contributed by atoms with van der Waals surface area (Å²) < 4.78 is 10.5. The van der Waals surface area contributed by atoms with Gasteiger partial charge in [0, 0.05) is 33.4 Å². The third-order valence-electron chi connectivity index (χ3n) is 2.96. The first-order valence-electron chi connectivity index (χ1n) is 6.42. The van der Waals surface area contributed by atoms with Gasteiger partial charge < -0.3 is 24.8 Å². The number of nitrogens with one attached hydrogen (secondary N) is 1. The van der Waals surface area contributed by atoms with Gasteiger partial charge in [0.05, 0.1) is 18.6 Å². The molecular weight excluding hydrogens is 252 g/mol. The predicted octanol–water partition coefficient (Wildman–Crippen LogP) is 0.297. The molecular formula is C12H22N2O5. The van der Waals surface area contributed by atoms with Gasteiger partial charge in [0.15, 0.2) is 0 Å². The molecule has 2 amide bonds. The average Bonchev–Trinajstić information content (AvgIpc) is 2.58. The number of carboxylic acid groups (broad SMARTS) is 1. The number of carbonyl (C=O) groups is 2. The van der Waals surface area contributed by atoms with Gasteiger partial charge in [-0.1, -0.05) is 0 Å². The van der Waals surface area contributed by atoms with E-state index in [1.165, 1.54) is 7.11 Å². The molecule has 19 heavy (non-hydrogen) atoms. The summed E-state index contributed by atoms with van der Waals surface area (Å²) in [5.74, 6) is -0.946. The van der Waals surface area contributed by atoms with Crippen LogP contribution in [0.5, 0.6) is 0 Å². The molecule has 0 bridgehead atoms. The van der Waals surface area contributed by atoms with Crippen molar-refractivity contribution in [1.29, 1.82) is 0 Å². The predicted molar refractivity (Wildman–Crippen MR) is 68.1 cm³/mol. The number of aliphatic carboxylic acids is 1. The topological polar surface area (TPSA) is 88.1 Å². The monoisotopic (exact) mass is 274 g/mol. The van der Waals surface area contributed by atoms with Crippen LogP contribution in [0.15, 0.2) is 0 Å². The summed E-state index contributed by atoms with van der Waals surface area (Å²) in [6, 6.07) is -0.204. The van der Waals surface area contributed by atoms with Crippen molar-refractivity contribution >= 4 is 12.0 Å². The van der Waals surface area contributed by atoms with Crippen LogP contribution in [0.4, 0.5) is 4.79 Å². The SMILES string of the molecule is COC(CNC(=O)N1CCCOC(C)C1)CC(=O)O. The molecule has 0 aromatic rings. The Labute approximate surface area is 112 Å². The second kappa shape index (κ2) is 7.96. The van der Waals surface area contributed by atoms with Crippen molar-refractivity contribution in [2.45, 2.75) is 32.0 Å². The molecule has 0 aromatic heterocycles. The van der Waals surface area contributed by atoms with E-state index in [0.29, 0.717) is 19.7 Å². The van der Waals surface area contributed by atoms with Crippen molar-refractivity contribution in [2.75, 3.05) is 33.4 Å². The Morgan fingerprint density at radius 2 is 2.32 bits per heavy atom. The van der Waals surface area contributed by atoms with Gasteiger partial charge in [-0.05, 0) is 13.3 Å². The van der Waals surface area contributed by atoms with E-state index in [-0.39, 0.29) is 25.1 Å². The zero-order chi connectivity index (χ0) is 14.3. The number of urea groups is 1. The maximum absolute atomic E-state index is 12.0. The van der Waals surface area contributed by atoms with Crippen molar-refractivity contribution in [1.82, 2.24) is 10.2 Å². The lowest BCUT2D eigenvalue weighted by atomic mass is 10.2. The zero-order valence-electron chi connectivity index (χ0n) is 11.4. The standard InChI is InChI=1S/C12H22N2O5/c1-9-8-14(4-3-5-19-9)12(17)13-7-10(18-2)6-11(15)16/h9-10H,3-8H2,1-2H3,(H,13,17)(H,15,16). The summed E-state index contributed by atoms with van der Waals surface area (Å²) in [6.07, 6.45) is 0.184. The van der Waals surface area contributed by atoms with E-state index in [4.69, 9.17) is 14.6 Å². The van der Waals surface area contributed by atoms with Crippen molar-refractivity contribution in [2.24, 2.45) is 0 Å². The number of nitrogens with zero attached hydrogens (tertiary/aromatic N) is 1. The number of carbonyl (C=O) groups excluding carboxylic acids is 1. The highest BCUT2D eigenvalue weighted by molar-refractivity contribution is 5.74. The Balaban J connectivity index is 2.38. The molecule has 1 saturated heterocycles. The number of amides is 2. The van der Waals surface area contributed by atoms with Crippen LogP contribution in [0.25, 0.3) is 0 Å². The number of hydrogen-bond acceptors (Lipinski definition) is 4. The first-order chi connectivity index (χ1) is 9.02. The minimum atomic E-state index is -0.946. The van der Waals surface area contributed by atoms with E-state index in [2.05, 4.69) is 5.32 Å². The second-order valence-corrected chi connectivity index (χ2v) is 4.62. The highest BCUT2D eigenvalue weighted by Crippen LogP contribution is 2.05. The van der Waals surface area contributed by atoms with Gasteiger partial charge >= 0.3 is 12.0 Å². The third kappa shape index (κ3) is 5.89. The Morgan fingerprint density at radius 3 is 2.95 bits per heavy atom. The van der Waals surface area contributed by atoms with Crippen LogP contribution < -0.4 is 5.32 Å². The molecule has 0 spiro atoms. The number of rotatable bonds is 5. The first-order valence-corrected chi connectivity index (χ1v) is 6.42. The lowest BCUT2D eigenvalue weighted by Gasteiger charge is -2.23. The molecule has 0 radical (unpaired) electrons. The molecule has 1 heterocycles. The van der Waals surface area contributed by atoms with Gasteiger partial charge in [-0.3, -0.25) is 4.79 Å². The van der Waals surface area contributed by atoms with Crippen LogP contribution in [-0.2, 0) is 14.3 Å². The van der Waals surface area contributed by atoms with Gasteiger partial charge in [0.2, 0.25) is 0 Å². The Morgan fingerprint density at radius 1 is 1.58 bits per heavy atom. The van der Waals surface area contributed by atoms with Gasteiger partial charge in [-0.15, -0.1) is 0 Å². The molecule has 1 fully saturated rings. The van der Waals surface area contributed by atoms with Crippen molar-refractivity contribution in [3.05, 3.63) is 0 Å². The number of carboxylic acids is 1. The quantitative estimate of drug-likeness (QED) is 0.752. The van der Waals surface area contributed by atoms with Crippen molar-refractivity contribution in [3.8, 4) is 0 Å². The molecule has 2 atom stereocenters. The Kier molecular flexibility index (Phi) is 6.58. The average molecular weight is 274 g/mol. The van der Waals surface area contributed by atoms with E-state index < -0.39 is 12.1 Å². The molecule has 110 valence electrons. The second-order valence-electron chi connectivity index (χ2n) is 4.62. The van der Waals surface area contributed by atoms with Crippen LogP contribution in [-0.4, -0.2) is 67.6 Å². The van der Waals surface area contributed by atoms with Gasteiger partial charge in [-0.2, -0.15) is 0 Å². The molecule has 0 aliphatic carbocycles. The summed E-state index contributed by atoms with van der Waals surface area (Å²) >= 11 is 0. The first kappa shape index (κ1) is 15.7. The summed E-state index contributed by atoms with van der Waals surface area (Å²) in [4.78, 5) is 24.2. The van der Waals surface area contributed by atoms with Crippen molar-refractivity contribution in [3.63, 3.8) is 0 Å². The summed E-state index contributed by atoms with van der Waals surface area (Å²) in [7, 11) is 1.43. The zero-order valence-corrected chi connectivity index (χ0v) is 11.4. The number of ether oxygens (including phenoxy) is 2. The minimum absolute atomic E-state index is 0.0190. The smallest absolute Gasteiger partial charge is 0.317 e. The normalized spacial score (nSPS) is 21.6. The molecule has 7 nitrogen and oxygen atoms in total. The van der Waals surface area contributed by atoms with E-state index in [1.807, 2.05) is 6.92 Å². The summed E-state index contributed by atoms with van der Waals surface area (Å²) in [6.45, 7) is 3.96. The lowest BCUT2D eigenvalue weighted by molar-refractivity contribution is -0.139. The van der Waals surface area contributed by atoms with E-state index in [9.17, 15) is 9.59 Å². The van der Waals surface area contributed by atoms with Crippen LogP contribution >= 0.6 is 0 Å². The van der Waals surface area contributed by atoms with Crippen LogP contribution in [0.2, 0.25) is 0 Å². The van der Waals surface area contributed by atoms with E-state index in [0.717, 1.165) is 6.42 Å². The van der Waals surface area contributed by atoms with Gasteiger partial charge in [0.1, 0.15) is 0 Å². The molecule has 1 rings (SSSR count). The highest BCUT2D eigenvalue weighted by Gasteiger charge is 2.21. The lowest BCUT2D eigenvalue weighted by Crippen LogP contribution is -2.45. The van der Waals surface area contributed by atoms with E-state index >= 15 is 0 Å². The summed E-state index contributed by atoms with van der Waals surface area (Å²) in [5.41, 5.74) is 0. The molecule has 7 heteroatoms. The third-order valence-corrected chi connectivity index (χ3v) is 2.96. The van der Waals surface area contributed by atoms with Crippen molar-refractivity contribution < 1.29 is 24.2 Å². The van der Waals surface area contributed by atoms with Crippen LogP contribution in [0.3, 0.4) is 0 Å². The summed E-state index contributed by atoms with van der Waals surface area (Å²) in [5, 5.41) is 11.4. The highest BCUT2D eigenvalue weighted by atomic mass is 16.5. The Bertz CT molecular complexity index is 310. The molecule has 2 unspecified atom stereocenters. The largest absolute Gasteiger partial charge is 0.481 e. The fourth-order valence-electron chi connectivity index (χ4n) is 1.93. The van der Waals surface area contributed by atoms with E-state index in [1.54, 1.807) is 4.90 Å². The van der Waals surface area contributed by atoms with Gasteiger partial charge in [0.25, 0.3) is 0 Å². The van der Waals surface area contributed by atoms with Crippen LogP contribution in [0, 0.1) is 0 Å². The fraction of sp³-hybridized carbons (Fsp3) is 0.833. The fourth-order valence-corrected chi connectivity index (χ4v) is 1.93. The maximum atomic E-state index is 12.0. The van der Waals surface area contributed by atoms with Gasteiger partial charge in [-0.25, -0.2) is 4.79 Å². The number of hydrogen-bond donors (Lipinski definition) is 2. The molecule has 0 aromatic carbocycles. The Hall–Kier alpha value is -1.34. The minimum Gasteiger partial charge on any atom is -0.481 e. The maximum Gasteiger partial charge on any atom is 0.317 e. The molecule has 1 aliphatic heterocycles. The molecule has 2 N–H and O–H groups in total. The number of methoxy groups -OCH3 is 1. The molecule has 1 aliphatic rings.